The molecule has 0 aromatic rings. The molecule has 0 aromatic heterocycles. The van der Waals surface area contributed by atoms with Crippen molar-refractivity contribution in [2.45, 2.75) is 6.42 Å². The molecular formula is C5H9BrO2. The Bertz CT molecular complexity index is 56.4. The molecule has 48 valence electrons. The van der Waals surface area contributed by atoms with E-state index < -0.39 is 0 Å². The number of alkyl halides is 1. The predicted octanol–water partition coefficient (Wildman–Crippen LogP) is 0.987. The van der Waals surface area contributed by atoms with Gasteiger partial charge in [-0.1, -0.05) is 15.9 Å². The second-order valence-electron chi connectivity index (χ2n) is 1.26. The van der Waals surface area contributed by atoms with Crippen molar-refractivity contribution < 1.29 is 9.53 Å². The zero-order chi connectivity index (χ0) is 6.24. The summed E-state index contributed by atoms with van der Waals surface area (Å²) in [5.74, 6) is 0. The van der Waals surface area contributed by atoms with E-state index in [-0.39, 0.29) is 0 Å². The largest absolute Gasteiger partial charge is 0.380 e. The molecule has 2 nitrogen and oxygen atoms in total. The molecule has 0 rings (SSSR count). The van der Waals surface area contributed by atoms with Gasteiger partial charge in [-0.15, -0.1) is 0 Å². The van der Waals surface area contributed by atoms with Crippen molar-refractivity contribution in [2.24, 2.45) is 0 Å². The Kier molecular flexibility index (Phi) is 7.21. The van der Waals surface area contributed by atoms with Gasteiger partial charge in [-0.2, -0.15) is 0 Å². The van der Waals surface area contributed by atoms with Crippen molar-refractivity contribution in [2.75, 3.05) is 18.5 Å². The Labute approximate surface area is 57.3 Å². The lowest BCUT2D eigenvalue weighted by Gasteiger charge is -1.94. The average Bonchev–Trinajstić information content (AvgIpc) is 1.81. The summed E-state index contributed by atoms with van der Waals surface area (Å²) in [6.45, 7) is 1.24. The van der Waals surface area contributed by atoms with Gasteiger partial charge in [0.1, 0.15) is 6.29 Å². The number of hydrogen-bond acceptors (Lipinski definition) is 2. The van der Waals surface area contributed by atoms with Gasteiger partial charge in [0.25, 0.3) is 0 Å². The van der Waals surface area contributed by atoms with Crippen LogP contribution in [0, 0.1) is 0 Å². The van der Waals surface area contributed by atoms with Crippen LogP contribution >= 0.6 is 15.9 Å². The fourth-order valence-corrected chi connectivity index (χ4v) is 0.517. The first kappa shape index (κ1) is 8.11. The number of aldehydes is 1. The number of carbonyl (C=O) groups is 1. The molecule has 0 aromatic carbocycles. The topological polar surface area (TPSA) is 26.3 Å². The van der Waals surface area contributed by atoms with E-state index in [9.17, 15) is 4.79 Å². The summed E-state index contributed by atoms with van der Waals surface area (Å²) in [6, 6.07) is 0. The van der Waals surface area contributed by atoms with E-state index in [4.69, 9.17) is 4.74 Å². The second-order valence-corrected chi connectivity index (χ2v) is 2.05. The molecule has 3 heteroatoms. The van der Waals surface area contributed by atoms with E-state index in [1.54, 1.807) is 0 Å². The van der Waals surface area contributed by atoms with Gasteiger partial charge in [0.2, 0.25) is 0 Å². The predicted molar refractivity (Wildman–Crippen MR) is 35.3 cm³/mol. The lowest BCUT2D eigenvalue weighted by molar-refractivity contribution is -0.108. The highest BCUT2D eigenvalue weighted by atomic mass is 79.9. The van der Waals surface area contributed by atoms with Gasteiger partial charge in [-0.25, -0.2) is 0 Å². The first-order chi connectivity index (χ1) is 3.91. The molecule has 0 N–H and O–H groups in total. The Balaban J connectivity index is 2.62. The second kappa shape index (κ2) is 7.11. The molecule has 0 spiro atoms. The Hall–Kier alpha value is 0.110. The van der Waals surface area contributed by atoms with Gasteiger partial charge in [0.15, 0.2) is 0 Å². The third kappa shape index (κ3) is 6.11. The maximum atomic E-state index is 9.68. The van der Waals surface area contributed by atoms with Gasteiger partial charge in [-0.05, 0) is 0 Å². The van der Waals surface area contributed by atoms with Crippen LogP contribution in [0.5, 0.6) is 0 Å². The Morgan fingerprint density at radius 1 is 1.50 bits per heavy atom. The monoisotopic (exact) mass is 180 g/mol. The van der Waals surface area contributed by atoms with Crippen molar-refractivity contribution in [1.29, 1.82) is 0 Å². The summed E-state index contributed by atoms with van der Waals surface area (Å²) in [5.41, 5.74) is 0. The molecule has 0 bridgehead atoms. The maximum absolute atomic E-state index is 9.68. The van der Waals surface area contributed by atoms with Crippen LogP contribution < -0.4 is 0 Å². The smallest absolute Gasteiger partial charge is 0.122 e. The highest BCUT2D eigenvalue weighted by Gasteiger charge is 1.82. The van der Waals surface area contributed by atoms with Crippen molar-refractivity contribution in [3.05, 3.63) is 0 Å². The van der Waals surface area contributed by atoms with E-state index in [1.807, 2.05) is 0 Å². The molecule has 0 unspecified atom stereocenters. The molecule has 0 heterocycles. The molecular weight excluding hydrogens is 172 g/mol. The number of rotatable bonds is 5. The highest BCUT2D eigenvalue weighted by molar-refractivity contribution is 9.09. The van der Waals surface area contributed by atoms with E-state index >= 15 is 0 Å². The van der Waals surface area contributed by atoms with Gasteiger partial charge in [0, 0.05) is 11.8 Å². The Morgan fingerprint density at radius 2 is 2.25 bits per heavy atom. The maximum Gasteiger partial charge on any atom is 0.122 e. The molecule has 0 aliphatic rings. The van der Waals surface area contributed by atoms with Crippen LogP contribution in [0.15, 0.2) is 0 Å². The number of hydrogen-bond donors (Lipinski definition) is 0. The van der Waals surface area contributed by atoms with E-state index in [0.29, 0.717) is 19.6 Å². The summed E-state index contributed by atoms with van der Waals surface area (Å²) >= 11 is 3.19. The number of carbonyl (C=O) groups excluding carboxylic acids is 1. The van der Waals surface area contributed by atoms with Crippen LogP contribution in [-0.4, -0.2) is 24.8 Å². The van der Waals surface area contributed by atoms with Crippen molar-refractivity contribution in [3.8, 4) is 0 Å². The van der Waals surface area contributed by atoms with Gasteiger partial charge < -0.3 is 9.53 Å². The SMILES string of the molecule is O=CCCOCCBr. The zero-order valence-corrected chi connectivity index (χ0v) is 6.19. The van der Waals surface area contributed by atoms with Gasteiger partial charge in [-0.3, -0.25) is 0 Å². The van der Waals surface area contributed by atoms with Crippen LogP contribution in [0.1, 0.15) is 6.42 Å². The van der Waals surface area contributed by atoms with Crippen LogP contribution in [0.4, 0.5) is 0 Å². The summed E-state index contributed by atoms with van der Waals surface area (Å²) in [6.07, 6.45) is 1.36. The van der Waals surface area contributed by atoms with Crippen molar-refractivity contribution >= 4 is 22.2 Å². The number of halogens is 1. The molecule has 0 fully saturated rings. The molecule has 0 radical (unpaired) electrons. The van der Waals surface area contributed by atoms with E-state index in [2.05, 4.69) is 15.9 Å². The lowest BCUT2D eigenvalue weighted by atomic mass is 10.5. The van der Waals surface area contributed by atoms with Crippen LogP contribution in [0.3, 0.4) is 0 Å². The first-order valence-corrected chi connectivity index (χ1v) is 3.61. The molecule has 8 heavy (non-hydrogen) atoms. The first-order valence-electron chi connectivity index (χ1n) is 2.49. The third-order valence-electron chi connectivity index (χ3n) is 0.602. The summed E-state index contributed by atoms with van der Waals surface area (Å²) < 4.78 is 4.95. The minimum absolute atomic E-state index is 0.507. The third-order valence-corrected chi connectivity index (χ3v) is 0.925. The minimum Gasteiger partial charge on any atom is -0.380 e. The fraction of sp³-hybridized carbons (Fsp3) is 0.800. The van der Waals surface area contributed by atoms with Crippen LogP contribution in [0.25, 0.3) is 0 Å². The Morgan fingerprint density at radius 3 is 2.75 bits per heavy atom. The summed E-state index contributed by atoms with van der Waals surface area (Å²) in [5, 5.41) is 0.839. The van der Waals surface area contributed by atoms with Gasteiger partial charge in [0.05, 0.1) is 13.2 Å². The van der Waals surface area contributed by atoms with Crippen molar-refractivity contribution in [1.82, 2.24) is 0 Å². The average molecular weight is 181 g/mol. The van der Waals surface area contributed by atoms with Crippen LogP contribution in [-0.2, 0) is 9.53 Å². The highest BCUT2D eigenvalue weighted by Crippen LogP contribution is 1.82. The standard InChI is InChI=1S/C5H9BrO2/c6-2-5-8-4-1-3-7/h3H,1-2,4-5H2. The minimum atomic E-state index is 0.507. The lowest BCUT2D eigenvalue weighted by Crippen LogP contribution is -1.97. The van der Waals surface area contributed by atoms with Crippen LogP contribution in [0.2, 0.25) is 0 Å². The normalized spacial score (nSPS) is 9.12. The quantitative estimate of drug-likeness (QED) is 0.359. The summed E-state index contributed by atoms with van der Waals surface area (Å²) in [4.78, 5) is 9.68. The van der Waals surface area contributed by atoms with Gasteiger partial charge >= 0.3 is 0 Å². The fourth-order valence-electron chi connectivity index (χ4n) is 0.288. The molecule has 0 amide bonds. The number of ether oxygens (including phenoxy) is 1. The van der Waals surface area contributed by atoms with E-state index in [0.717, 1.165) is 11.6 Å². The van der Waals surface area contributed by atoms with E-state index in [1.165, 1.54) is 0 Å². The summed E-state index contributed by atoms with van der Waals surface area (Å²) in [7, 11) is 0. The molecule has 0 aliphatic heterocycles. The molecule has 0 aliphatic carbocycles. The van der Waals surface area contributed by atoms with Crippen molar-refractivity contribution in [3.63, 3.8) is 0 Å². The molecule has 0 saturated heterocycles. The molecule has 0 saturated carbocycles. The zero-order valence-electron chi connectivity index (χ0n) is 4.60. The molecule has 0 atom stereocenters.